The van der Waals surface area contributed by atoms with E-state index in [0.717, 1.165) is 5.72 Å². The van der Waals surface area contributed by atoms with E-state index < -0.39 is 0 Å². The number of rotatable bonds is 2. The maximum atomic E-state index is 2.73. The largest absolute Gasteiger partial charge is 0.175 e. The second-order valence-corrected chi connectivity index (χ2v) is 2.52. The van der Waals surface area contributed by atoms with E-state index in [1.807, 2.05) is 0 Å². The standard InChI is InChI=1S/C2H10B2P2/c1-2(3-5)4-6/h2-4H,5-6H2,1H3. The van der Waals surface area contributed by atoms with Crippen molar-refractivity contribution >= 4 is 32.2 Å². The Balaban J connectivity index is 2.75. The van der Waals surface area contributed by atoms with Crippen LogP contribution < -0.4 is 0 Å². The van der Waals surface area contributed by atoms with Crippen molar-refractivity contribution in [3.05, 3.63) is 0 Å². The molecule has 0 aliphatic heterocycles. The van der Waals surface area contributed by atoms with Gasteiger partial charge in [0, 0.05) is 0 Å². The van der Waals surface area contributed by atoms with Gasteiger partial charge >= 0.3 is 0 Å². The molecule has 2 atom stereocenters. The van der Waals surface area contributed by atoms with Crippen LogP contribution >= 0.6 is 18.2 Å². The summed E-state index contributed by atoms with van der Waals surface area (Å²) in [5.41, 5.74) is 0.861. The summed E-state index contributed by atoms with van der Waals surface area (Å²) in [5.74, 6) is 0. The third-order valence-corrected chi connectivity index (χ3v) is 2.41. The van der Waals surface area contributed by atoms with Crippen LogP contribution in [-0.2, 0) is 0 Å². The molecule has 0 aromatic heterocycles. The Hall–Kier alpha value is 0.990. The Morgan fingerprint density at radius 2 is 1.67 bits per heavy atom. The van der Waals surface area contributed by atoms with Crippen molar-refractivity contribution < 1.29 is 0 Å². The summed E-state index contributed by atoms with van der Waals surface area (Å²) in [6.07, 6.45) is 0. The van der Waals surface area contributed by atoms with Crippen molar-refractivity contribution in [1.82, 2.24) is 0 Å². The number of hydrogen-bond donors (Lipinski definition) is 0. The molecule has 0 N–H and O–H groups in total. The van der Waals surface area contributed by atoms with E-state index in [2.05, 4.69) is 25.2 Å². The highest BCUT2D eigenvalue weighted by atomic mass is 31.0. The van der Waals surface area contributed by atoms with Crippen LogP contribution in [0, 0.1) is 0 Å². The molecule has 2 unspecified atom stereocenters. The highest BCUT2D eigenvalue weighted by molar-refractivity contribution is 7.62. The first-order valence-corrected chi connectivity index (χ1v) is 3.84. The zero-order valence-corrected chi connectivity index (χ0v) is 6.46. The fourth-order valence-electron chi connectivity index (χ4n) is 0.0962. The summed E-state index contributed by atoms with van der Waals surface area (Å²) < 4.78 is 0. The Morgan fingerprint density at radius 3 is 1.67 bits per heavy atom. The van der Waals surface area contributed by atoms with Crippen LogP contribution in [0.5, 0.6) is 0 Å². The van der Waals surface area contributed by atoms with E-state index in [9.17, 15) is 0 Å². The minimum atomic E-state index is 0.861. The van der Waals surface area contributed by atoms with Crippen LogP contribution in [0.1, 0.15) is 6.92 Å². The maximum Gasteiger partial charge on any atom is 0.140 e. The smallest absolute Gasteiger partial charge is 0.140 e. The Morgan fingerprint density at radius 1 is 1.33 bits per heavy atom. The van der Waals surface area contributed by atoms with Gasteiger partial charge in [0.05, 0.1) is 0 Å². The molecule has 0 aliphatic carbocycles. The lowest BCUT2D eigenvalue weighted by Crippen LogP contribution is -1.93. The Bertz CT molecular complexity index is 28.7. The van der Waals surface area contributed by atoms with E-state index in [4.69, 9.17) is 0 Å². The molecule has 0 aromatic carbocycles. The van der Waals surface area contributed by atoms with Crippen LogP contribution in [-0.4, -0.2) is 14.0 Å². The average Bonchev–Trinajstić information content (AvgIpc) is 1.65. The fraction of sp³-hybridized carbons (Fsp3) is 1.00. The Kier molecular flexibility index (Phi) is 4.84. The molecule has 0 nitrogen and oxygen atoms in total. The van der Waals surface area contributed by atoms with E-state index in [1.54, 1.807) is 0 Å². The van der Waals surface area contributed by atoms with Gasteiger partial charge in [0.1, 0.15) is 14.0 Å². The second kappa shape index (κ2) is 4.16. The van der Waals surface area contributed by atoms with E-state index in [1.165, 1.54) is 14.0 Å². The fourth-order valence-corrected chi connectivity index (χ4v) is 0.866. The molecule has 4 heteroatoms. The average molecular weight is 118 g/mol. The topological polar surface area (TPSA) is 0 Å². The summed E-state index contributed by atoms with van der Waals surface area (Å²) in [5, 5.41) is 0. The molecule has 0 fully saturated rings. The predicted molar refractivity (Wildman–Crippen MR) is 43.1 cm³/mol. The summed E-state index contributed by atoms with van der Waals surface area (Å²) in [7, 11) is 5.45. The molecule has 0 heterocycles. The second-order valence-electron chi connectivity index (χ2n) is 1.58. The zero-order chi connectivity index (χ0) is 4.99. The van der Waals surface area contributed by atoms with Gasteiger partial charge in [0.2, 0.25) is 0 Å². The first-order valence-electron chi connectivity index (χ1n) is 2.21. The third kappa shape index (κ3) is 3.19. The van der Waals surface area contributed by atoms with Crippen LogP contribution in [0.2, 0.25) is 5.72 Å². The van der Waals surface area contributed by atoms with Crippen molar-refractivity contribution in [3.63, 3.8) is 0 Å². The van der Waals surface area contributed by atoms with Gasteiger partial charge in [-0.1, -0.05) is 12.6 Å². The van der Waals surface area contributed by atoms with Gasteiger partial charge in [-0.3, -0.25) is 0 Å². The molecule has 0 rings (SSSR count). The van der Waals surface area contributed by atoms with Crippen molar-refractivity contribution in [2.75, 3.05) is 0 Å². The first kappa shape index (κ1) is 6.99. The van der Waals surface area contributed by atoms with Crippen LogP contribution in [0.4, 0.5) is 0 Å². The highest BCUT2D eigenvalue weighted by Gasteiger charge is 1.93. The van der Waals surface area contributed by atoms with E-state index in [0.29, 0.717) is 0 Å². The van der Waals surface area contributed by atoms with Gasteiger partial charge in [0.15, 0.2) is 0 Å². The maximum absolute atomic E-state index is 2.73. The van der Waals surface area contributed by atoms with Gasteiger partial charge in [-0.25, -0.2) is 0 Å². The number of hydrogen-bond acceptors (Lipinski definition) is 0. The van der Waals surface area contributed by atoms with Gasteiger partial charge in [-0.2, -0.15) is 18.2 Å². The molecule has 6 heavy (non-hydrogen) atoms. The van der Waals surface area contributed by atoms with E-state index in [-0.39, 0.29) is 0 Å². The van der Waals surface area contributed by atoms with Crippen molar-refractivity contribution in [3.8, 4) is 0 Å². The molecule has 34 valence electrons. The molecule has 0 bridgehead atoms. The van der Waals surface area contributed by atoms with Crippen LogP contribution in [0.3, 0.4) is 0 Å². The lowest BCUT2D eigenvalue weighted by molar-refractivity contribution is 1.35. The quantitative estimate of drug-likeness (QED) is 0.358. The normalized spacial score (nSPS) is 8.67. The van der Waals surface area contributed by atoms with Crippen molar-refractivity contribution in [1.29, 1.82) is 0 Å². The SMILES string of the molecule is CC(BP)BP. The minimum absolute atomic E-state index is 0.861. The van der Waals surface area contributed by atoms with Gasteiger partial charge in [-0.05, 0) is 0 Å². The summed E-state index contributed by atoms with van der Waals surface area (Å²) in [6.45, 7) is 4.69. The molecule has 0 saturated carbocycles. The molecule has 0 radical (unpaired) electrons. The molecule has 0 aromatic rings. The van der Waals surface area contributed by atoms with Gasteiger partial charge in [-0.15, -0.1) is 0 Å². The molecule has 0 saturated heterocycles. The molecular formula is C2H10B2P2. The van der Waals surface area contributed by atoms with Crippen molar-refractivity contribution in [2.24, 2.45) is 0 Å². The zero-order valence-electron chi connectivity index (χ0n) is 4.15. The summed E-state index contributed by atoms with van der Waals surface area (Å²) >= 11 is 0. The highest BCUT2D eigenvalue weighted by Crippen LogP contribution is 2.03. The lowest BCUT2D eigenvalue weighted by atomic mass is 9.70. The van der Waals surface area contributed by atoms with Crippen LogP contribution in [0.25, 0.3) is 0 Å². The van der Waals surface area contributed by atoms with E-state index >= 15 is 0 Å². The monoisotopic (exact) mass is 118 g/mol. The van der Waals surface area contributed by atoms with Gasteiger partial charge < -0.3 is 0 Å². The minimum Gasteiger partial charge on any atom is -0.175 e. The van der Waals surface area contributed by atoms with Gasteiger partial charge in [0.25, 0.3) is 0 Å². The predicted octanol–water partition coefficient (Wildman–Crippen LogP) is 0.205. The third-order valence-electron chi connectivity index (χ3n) is 0.805. The summed E-state index contributed by atoms with van der Waals surface area (Å²) in [6, 6.07) is 0. The molecule has 0 aliphatic rings. The molecular weight excluding hydrogens is 108 g/mol. The molecule has 0 spiro atoms. The van der Waals surface area contributed by atoms with Crippen LogP contribution in [0.15, 0.2) is 0 Å². The molecule has 0 amide bonds. The van der Waals surface area contributed by atoms with Crippen molar-refractivity contribution in [2.45, 2.75) is 12.6 Å². The Labute approximate surface area is 45.7 Å². The summed E-state index contributed by atoms with van der Waals surface area (Å²) in [4.78, 5) is 0. The lowest BCUT2D eigenvalue weighted by Gasteiger charge is -1.94. The first-order chi connectivity index (χ1) is 2.81.